The smallest absolute Gasteiger partial charge is 0.319 e. The lowest BCUT2D eigenvalue weighted by Crippen LogP contribution is -2.42. The quantitative estimate of drug-likeness (QED) is 0.743. The van der Waals surface area contributed by atoms with Crippen LogP contribution in [0.2, 0.25) is 10.0 Å². The fourth-order valence-electron chi connectivity index (χ4n) is 1.43. The van der Waals surface area contributed by atoms with Crippen LogP contribution in [0.1, 0.15) is 13.3 Å². The van der Waals surface area contributed by atoms with Crippen LogP contribution in [0.25, 0.3) is 0 Å². The summed E-state index contributed by atoms with van der Waals surface area (Å²) in [5.74, 6) is 0.836. The van der Waals surface area contributed by atoms with E-state index >= 15 is 0 Å². The highest BCUT2D eigenvalue weighted by molar-refractivity contribution is 7.98. The van der Waals surface area contributed by atoms with Crippen LogP contribution in [0.3, 0.4) is 0 Å². The lowest BCUT2D eigenvalue weighted by molar-refractivity contribution is 0.0599. The van der Waals surface area contributed by atoms with Gasteiger partial charge in [-0.2, -0.15) is 11.8 Å². The van der Waals surface area contributed by atoms with Crippen molar-refractivity contribution >= 4 is 46.7 Å². The molecule has 1 unspecified atom stereocenters. The Balaban J connectivity index is 2.45. The summed E-state index contributed by atoms with van der Waals surface area (Å²) in [6.07, 6.45) is 2.59. The second-order valence-corrected chi connectivity index (χ2v) is 6.48. The number of halogens is 2. The van der Waals surface area contributed by atoms with Gasteiger partial charge in [0.15, 0.2) is 0 Å². The average molecular weight is 337 g/mol. The first-order valence-corrected chi connectivity index (χ1v) is 8.20. The van der Waals surface area contributed by atoms with Crippen molar-refractivity contribution in [3.05, 3.63) is 28.2 Å². The van der Waals surface area contributed by atoms with Crippen molar-refractivity contribution in [2.24, 2.45) is 0 Å². The van der Waals surface area contributed by atoms with Gasteiger partial charge in [0, 0.05) is 12.2 Å². The number of amides is 2. The van der Waals surface area contributed by atoms with Gasteiger partial charge in [0.25, 0.3) is 0 Å². The number of rotatable bonds is 6. The number of urea groups is 1. The zero-order valence-corrected chi connectivity index (χ0v) is 13.7. The van der Waals surface area contributed by atoms with Crippen molar-refractivity contribution in [3.63, 3.8) is 0 Å². The van der Waals surface area contributed by atoms with E-state index in [0.717, 1.165) is 5.75 Å². The fourth-order valence-corrected chi connectivity index (χ4v) is 2.37. The van der Waals surface area contributed by atoms with Gasteiger partial charge in [-0.15, -0.1) is 0 Å². The highest BCUT2D eigenvalue weighted by atomic mass is 35.5. The molecule has 0 aromatic heterocycles. The van der Waals surface area contributed by atoms with Gasteiger partial charge in [0.2, 0.25) is 0 Å². The number of benzene rings is 1. The molecule has 4 nitrogen and oxygen atoms in total. The number of hydrogen-bond donors (Lipinski definition) is 3. The molecule has 1 aromatic rings. The first-order valence-electron chi connectivity index (χ1n) is 6.05. The van der Waals surface area contributed by atoms with Crippen LogP contribution in [-0.4, -0.2) is 35.3 Å². The van der Waals surface area contributed by atoms with Crippen molar-refractivity contribution in [1.29, 1.82) is 0 Å². The van der Waals surface area contributed by atoms with Crippen LogP contribution < -0.4 is 10.6 Å². The molecule has 0 fully saturated rings. The molecule has 0 saturated carbocycles. The topological polar surface area (TPSA) is 61.4 Å². The Morgan fingerprint density at radius 3 is 2.70 bits per heavy atom. The Hall–Kier alpha value is -0.620. The summed E-state index contributed by atoms with van der Waals surface area (Å²) in [7, 11) is 0. The molecule has 0 aliphatic heterocycles. The predicted octanol–water partition coefficient (Wildman–Crippen LogP) is 3.62. The summed E-state index contributed by atoms with van der Waals surface area (Å²) < 4.78 is 0. The van der Waals surface area contributed by atoms with Gasteiger partial charge in [-0.3, -0.25) is 0 Å². The molecule has 0 heterocycles. The van der Waals surface area contributed by atoms with Crippen LogP contribution in [0.15, 0.2) is 18.2 Å². The molecular formula is C13H18Cl2N2O2S. The molecule has 0 radical (unpaired) electrons. The normalized spacial score (nSPS) is 13.7. The number of carbonyl (C=O) groups is 1. The van der Waals surface area contributed by atoms with Gasteiger partial charge < -0.3 is 15.7 Å². The van der Waals surface area contributed by atoms with Crippen molar-refractivity contribution in [1.82, 2.24) is 5.32 Å². The predicted molar refractivity (Wildman–Crippen MR) is 87.1 cm³/mol. The summed E-state index contributed by atoms with van der Waals surface area (Å²) >= 11 is 13.3. The molecule has 0 saturated heterocycles. The number of nitrogens with one attached hydrogen (secondary N) is 2. The maximum Gasteiger partial charge on any atom is 0.319 e. The molecule has 1 aromatic carbocycles. The van der Waals surface area contributed by atoms with E-state index in [9.17, 15) is 9.90 Å². The van der Waals surface area contributed by atoms with E-state index in [1.807, 2.05) is 6.26 Å². The second kappa shape index (κ2) is 7.98. The Bertz CT molecular complexity index is 470. The summed E-state index contributed by atoms with van der Waals surface area (Å²) in [6, 6.07) is 4.43. The van der Waals surface area contributed by atoms with E-state index in [0.29, 0.717) is 22.2 Å². The molecule has 0 bridgehead atoms. The largest absolute Gasteiger partial charge is 0.388 e. The SMILES string of the molecule is CSCCC(C)(O)CNC(=O)Nc1ccc(Cl)c(Cl)c1. The Morgan fingerprint density at radius 2 is 2.10 bits per heavy atom. The Kier molecular flexibility index (Phi) is 6.95. The zero-order valence-electron chi connectivity index (χ0n) is 11.4. The zero-order chi connectivity index (χ0) is 15.2. The third-order valence-corrected chi connectivity index (χ3v) is 4.00. The molecule has 112 valence electrons. The summed E-state index contributed by atoms with van der Waals surface area (Å²) in [5, 5.41) is 16.1. The van der Waals surface area contributed by atoms with Crippen LogP contribution >= 0.6 is 35.0 Å². The maximum absolute atomic E-state index is 11.7. The average Bonchev–Trinajstić information content (AvgIpc) is 2.39. The fraction of sp³-hybridized carbons (Fsp3) is 0.462. The van der Waals surface area contributed by atoms with E-state index in [1.165, 1.54) is 0 Å². The van der Waals surface area contributed by atoms with Crippen molar-refractivity contribution < 1.29 is 9.90 Å². The Labute approximate surface area is 133 Å². The molecule has 0 aliphatic carbocycles. The van der Waals surface area contributed by atoms with Gasteiger partial charge >= 0.3 is 6.03 Å². The van der Waals surface area contributed by atoms with Gasteiger partial charge in [-0.05, 0) is 43.6 Å². The highest BCUT2D eigenvalue weighted by Crippen LogP contribution is 2.24. The molecule has 0 aliphatic rings. The molecule has 1 atom stereocenters. The van der Waals surface area contributed by atoms with E-state index in [4.69, 9.17) is 23.2 Å². The third kappa shape index (κ3) is 6.22. The first kappa shape index (κ1) is 17.4. The van der Waals surface area contributed by atoms with Gasteiger partial charge in [0.1, 0.15) is 0 Å². The summed E-state index contributed by atoms with van der Waals surface area (Å²) in [5.41, 5.74) is -0.376. The van der Waals surface area contributed by atoms with Crippen molar-refractivity contribution in [3.8, 4) is 0 Å². The van der Waals surface area contributed by atoms with Crippen molar-refractivity contribution in [2.75, 3.05) is 23.9 Å². The number of anilines is 1. The van der Waals surface area contributed by atoms with Crippen LogP contribution in [-0.2, 0) is 0 Å². The molecule has 3 N–H and O–H groups in total. The number of carbonyl (C=O) groups excluding carboxylic acids is 1. The van der Waals surface area contributed by atoms with E-state index in [2.05, 4.69) is 10.6 Å². The standard InChI is InChI=1S/C13H18Cl2N2O2S/c1-13(19,5-6-20-2)8-16-12(18)17-9-3-4-10(14)11(15)7-9/h3-4,7,19H,5-6,8H2,1-2H3,(H2,16,17,18). The third-order valence-electron chi connectivity index (χ3n) is 2.65. The minimum atomic E-state index is -0.919. The van der Waals surface area contributed by atoms with E-state index in [1.54, 1.807) is 36.9 Å². The second-order valence-electron chi connectivity index (χ2n) is 4.68. The van der Waals surface area contributed by atoms with E-state index in [-0.39, 0.29) is 6.54 Å². The lowest BCUT2D eigenvalue weighted by Gasteiger charge is -2.23. The first-order chi connectivity index (χ1) is 9.34. The molecule has 0 spiro atoms. The summed E-state index contributed by atoms with van der Waals surface area (Å²) in [4.78, 5) is 11.7. The van der Waals surface area contributed by atoms with Gasteiger partial charge in [-0.25, -0.2) is 4.79 Å². The summed E-state index contributed by atoms with van der Waals surface area (Å²) in [6.45, 7) is 1.88. The van der Waals surface area contributed by atoms with Gasteiger partial charge in [0.05, 0.1) is 15.6 Å². The molecular weight excluding hydrogens is 319 g/mol. The Morgan fingerprint density at radius 1 is 1.40 bits per heavy atom. The molecule has 20 heavy (non-hydrogen) atoms. The highest BCUT2D eigenvalue weighted by Gasteiger charge is 2.20. The van der Waals surface area contributed by atoms with Crippen LogP contribution in [0, 0.1) is 0 Å². The number of thioether (sulfide) groups is 1. The van der Waals surface area contributed by atoms with Crippen LogP contribution in [0.5, 0.6) is 0 Å². The minimum Gasteiger partial charge on any atom is -0.388 e. The van der Waals surface area contributed by atoms with Crippen LogP contribution in [0.4, 0.5) is 10.5 Å². The maximum atomic E-state index is 11.7. The number of hydrogen-bond acceptors (Lipinski definition) is 3. The monoisotopic (exact) mass is 336 g/mol. The molecule has 2 amide bonds. The lowest BCUT2D eigenvalue weighted by atomic mass is 10.0. The van der Waals surface area contributed by atoms with Crippen molar-refractivity contribution in [2.45, 2.75) is 18.9 Å². The number of aliphatic hydroxyl groups is 1. The van der Waals surface area contributed by atoms with E-state index < -0.39 is 11.6 Å². The van der Waals surface area contributed by atoms with Gasteiger partial charge in [-0.1, -0.05) is 23.2 Å². The minimum absolute atomic E-state index is 0.181. The molecule has 7 heteroatoms. The molecule has 1 rings (SSSR count).